The first-order valence-electron chi connectivity index (χ1n) is 6.96. The minimum atomic E-state index is 0.562. The molecule has 0 amide bonds. The second kappa shape index (κ2) is 6.97. The number of allylic oxidation sites excluding steroid dienone is 1. The monoisotopic (exact) mass is 305 g/mol. The highest BCUT2D eigenvalue weighted by Gasteiger charge is 2.14. The van der Waals surface area contributed by atoms with Gasteiger partial charge in [-0.05, 0) is 23.1 Å². The maximum Gasteiger partial charge on any atom is 0.134 e. The van der Waals surface area contributed by atoms with E-state index in [1.807, 2.05) is 30.5 Å². The molecule has 0 atom stereocenters. The van der Waals surface area contributed by atoms with Gasteiger partial charge in [0.1, 0.15) is 5.84 Å². The number of amidine groups is 1. The van der Waals surface area contributed by atoms with Crippen molar-refractivity contribution in [2.45, 2.75) is 17.9 Å². The van der Waals surface area contributed by atoms with E-state index in [0.717, 1.165) is 22.7 Å². The van der Waals surface area contributed by atoms with Gasteiger partial charge in [0, 0.05) is 35.0 Å². The number of nitrogens with one attached hydrogen (secondary N) is 1. The highest BCUT2D eigenvalue weighted by molar-refractivity contribution is 8.02. The Morgan fingerprint density at radius 1 is 1.23 bits per heavy atom. The SMILES string of the molecule is C#CCC1=CSc2ccccc2C(=NCc2cccnc2)N1. The van der Waals surface area contributed by atoms with Crippen molar-refractivity contribution in [2.24, 2.45) is 4.99 Å². The lowest BCUT2D eigenvalue weighted by molar-refractivity contribution is 0.990. The zero-order valence-corrected chi connectivity index (χ0v) is 12.8. The third-order valence-corrected chi connectivity index (χ3v) is 4.20. The van der Waals surface area contributed by atoms with Crippen molar-refractivity contribution >= 4 is 17.6 Å². The van der Waals surface area contributed by atoms with Crippen LogP contribution in [0.1, 0.15) is 17.5 Å². The highest BCUT2D eigenvalue weighted by atomic mass is 32.2. The van der Waals surface area contributed by atoms with Crippen molar-refractivity contribution in [1.82, 2.24) is 10.3 Å². The Kier molecular flexibility index (Phi) is 4.57. The van der Waals surface area contributed by atoms with Crippen LogP contribution in [-0.2, 0) is 6.54 Å². The third-order valence-electron chi connectivity index (χ3n) is 3.18. The number of pyridine rings is 1. The standard InChI is InChI=1S/C18H15N3S/c1-2-6-15-13-22-17-9-4-3-8-16(17)18(21-15)20-12-14-7-5-10-19-11-14/h1,3-5,7-11,13H,6,12H2,(H,20,21). The van der Waals surface area contributed by atoms with E-state index in [1.165, 1.54) is 4.90 Å². The minimum absolute atomic E-state index is 0.562. The van der Waals surface area contributed by atoms with Crippen molar-refractivity contribution in [3.63, 3.8) is 0 Å². The number of thioether (sulfide) groups is 1. The van der Waals surface area contributed by atoms with Crippen molar-refractivity contribution in [3.05, 3.63) is 71.0 Å². The molecule has 0 spiro atoms. The summed E-state index contributed by atoms with van der Waals surface area (Å²) in [5.74, 6) is 3.53. The lowest BCUT2D eigenvalue weighted by atomic mass is 10.2. The number of nitrogens with zero attached hydrogens (tertiary/aromatic N) is 2. The summed E-state index contributed by atoms with van der Waals surface area (Å²) in [5, 5.41) is 5.43. The predicted molar refractivity (Wildman–Crippen MR) is 91.4 cm³/mol. The topological polar surface area (TPSA) is 37.3 Å². The molecule has 1 N–H and O–H groups in total. The summed E-state index contributed by atoms with van der Waals surface area (Å²) in [6, 6.07) is 12.2. The first kappa shape index (κ1) is 14.4. The van der Waals surface area contributed by atoms with Crippen LogP contribution in [0.25, 0.3) is 0 Å². The number of aromatic nitrogens is 1. The maximum atomic E-state index is 5.44. The van der Waals surface area contributed by atoms with Gasteiger partial charge in [-0.15, -0.1) is 12.3 Å². The van der Waals surface area contributed by atoms with Crippen molar-refractivity contribution in [3.8, 4) is 12.3 Å². The molecule has 2 heterocycles. The van der Waals surface area contributed by atoms with Crippen LogP contribution in [-0.4, -0.2) is 10.8 Å². The van der Waals surface area contributed by atoms with Crippen LogP contribution < -0.4 is 5.32 Å². The fourth-order valence-electron chi connectivity index (χ4n) is 2.13. The van der Waals surface area contributed by atoms with Gasteiger partial charge in [-0.3, -0.25) is 9.98 Å². The molecule has 0 fully saturated rings. The Hall–Kier alpha value is -2.51. The second-order valence-electron chi connectivity index (χ2n) is 4.79. The van der Waals surface area contributed by atoms with Crippen molar-refractivity contribution < 1.29 is 0 Å². The summed E-state index contributed by atoms with van der Waals surface area (Å²) in [7, 11) is 0. The van der Waals surface area contributed by atoms with Gasteiger partial charge in [-0.25, -0.2) is 0 Å². The summed E-state index contributed by atoms with van der Waals surface area (Å²) >= 11 is 1.67. The molecule has 4 heteroatoms. The van der Waals surface area contributed by atoms with E-state index in [0.29, 0.717) is 13.0 Å². The zero-order chi connectivity index (χ0) is 15.2. The summed E-state index contributed by atoms with van der Waals surface area (Å²) in [6.45, 7) is 0.582. The Balaban J connectivity index is 1.93. The third kappa shape index (κ3) is 3.38. The highest BCUT2D eigenvalue weighted by Crippen LogP contribution is 2.28. The van der Waals surface area contributed by atoms with Crippen LogP contribution in [0.4, 0.5) is 0 Å². The molecule has 1 aliphatic heterocycles. The van der Waals surface area contributed by atoms with Crippen molar-refractivity contribution in [2.75, 3.05) is 0 Å². The number of hydrogen-bond donors (Lipinski definition) is 1. The van der Waals surface area contributed by atoms with Gasteiger partial charge in [0.15, 0.2) is 0 Å². The van der Waals surface area contributed by atoms with Crippen LogP contribution in [0.15, 0.2) is 69.8 Å². The molecule has 22 heavy (non-hydrogen) atoms. The van der Waals surface area contributed by atoms with Gasteiger partial charge < -0.3 is 5.32 Å². The molecule has 2 aromatic rings. The number of fused-ring (bicyclic) bond motifs is 1. The summed E-state index contributed by atoms with van der Waals surface area (Å²) in [5.41, 5.74) is 3.17. The van der Waals surface area contributed by atoms with Crippen LogP contribution in [0.2, 0.25) is 0 Å². The van der Waals surface area contributed by atoms with E-state index in [9.17, 15) is 0 Å². The van der Waals surface area contributed by atoms with Crippen molar-refractivity contribution in [1.29, 1.82) is 0 Å². The molecule has 1 aromatic heterocycles. The normalized spacial score (nSPS) is 15.2. The van der Waals surface area contributed by atoms with Crippen LogP contribution in [0.5, 0.6) is 0 Å². The van der Waals surface area contributed by atoms with E-state index >= 15 is 0 Å². The average Bonchev–Trinajstić information content (AvgIpc) is 2.74. The van der Waals surface area contributed by atoms with Gasteiger partial charge in [0.25, 0.3) is 0 Å². The van der Waals surface area contributed by atoms with Gasteiger partial charge in [-0.1, -0.05) is 36.0 Å². The zero-order valence-electron chi connectivity index (χ0n) is 12.0. The molecule has 1 aliphatic rings. The fraction of sp³-hybridized carbons (Fsp3) is 0.111. The minimum Gasteiger partial charge on any atom is -0.342 e. The summed E-state index contributed by atoms with van der Waals surface area (Å²) < 4.78 is 0. The van der Waals surface area contributed by atoms with Gasteiger partial charge in [0.05, 0.1) is 6.54 Å². The molecule has 0 radical (unpaired) electrons. The molecule has 3 rings (SSSR count). The Morgan fingerprint density at radius 2 is 2.14 bits per heavy atom. The average molecular weight is 305 g/mol. The second-order valence-corrected chi connectivity index (χ2v) is 5.70. The largest absolute Gasteiger partial charge is 0.342 e. The molecule has 108 valence electrons. The van der Waals surface area contributed by atoms with Gasteiger partial charge >= 0.3 is 0 Å². The first-order valence-corrected chi connectivity index (χ1v) is 7.84. The molecule has 0 aliphatic carbocycles. The van der Waals surface area contributed by atoms with Crippen LogP contribution in [0.3, 0.4) is 0 Å². The van der Waals surface area contributed by atoms with E-state index in [1.54, 1.807) is 18.0 Å². The number of terminal acetylenes is 1. The molecule has 1 aromatic carbocycles. The quantitative estimate of drug-likeness (QED) is 0.881. The smallest absolute Gasteiger partial charge is 0.134 e. The maximum absolute atomic E-state index is 5.44. The molecule has 0 saturated carbocycles. The molecular weight excluding hydrogens is 290 g/mol. The number of rotatable bonds is 3. The van der Waals surface area contributed by atoms with E-state index in [4.69, 9.17) is 11.4 Å². The first-order chi connectivity index (χ1) is 10.9. The number of hydrogen-bond acceptors (Lipinski definition) is 3. The van der Waals surface area contributed by atoms with Gasteiger partial charge in [-0.2, -0.15) is 0 Å². The molecule has 0 unspecified atom stereocenters. The summed E-state index contributed by atoms with van der Waals surface area (Å²) in [4.78, 5) is 10.0. The Bertz CT molecular complexity index is 757. The van der Waals surface area contributed by atoms with E-state index < -0.39 is 0 Å². The predicted octanol–water partition coefficient (Wildman–Crippen LogP) is 3.59. The fourth-order valence-corrected chi connectivity index (χ4v) is 2.99. The molecular formula is C18H15N3S. The van der Waals surface area contributed by atoms with Gasteiger partial charge in [0.2, 0.25) is 0 Å². The molecule has 0 saturated heterocycles. The van der Waals surface area contributed by atoms with Crippen LogP contribution >= 0.6 is 11.8 Å². The summed E-state index contributed by atoms with van der Waals surface area (Å²) in [6.07, 6.45) is 9.60. The van der Waals surface area contributed by atoms with E-state index in [2.05, 4.69) is 33.8 Å². The lowest BCUT2D eigenvalue weighted by Crippen LogP contribution is -2.23. The molecule has 3 nitrogen and oxygen atoms in total. The Labute approximate surface area is 134 Å². The van der Waals surface area contributed by atoms with Crippen LogP contribution in [0, 0.1) is 12.3 Å². The van der Waals surface area contributed by atoms with E-state index in [-0.39, 0.29) is 0 Å². The lowest BCUT2D eigenvalue weighted by Gasteiger charge is -2.11. The Morgan fingerprint density at radius 3 is 2.95 bits per heavy atom. The molecule has 0 bridgehead atoms. The number of benzene rings is 1. The number of aliphatic imine (C=N–C) groups is 1.